The van der Waals surface area contributed by atoms with Crippen LogP contribution in [0.4, 0.5) is 0 Å². The normalized spacial score (nSPS) is 18.5. The zero-order valence-electron chi connectivity index (χ0n) is 10.7. The number of benzene rings is 1. The van der Waals surface area contributed by atoms with Crippen molar-refractivity contribution in [2.75, 3.05) is 45.6 Å². The molecule has 0 aliphatic carbocycles. The van der Waals surface area contributed by atoms with Crippen molar-refractivity contribution in [2.45, 2.75) is 4.90 Å². The van der Waals surface area contributed by atoms with Gasteiger partial charge in [-0.1, -0.05) is 0 Å². The first kappa shape index (κ1) is 13.5. The minimum Gasteiger partial charge on any atom is -0.497 e. The van der Waals surface area contributed by atoms with Gasteiger partial charge in [0.2, 0.25) is 0 Å². The maximum atomic E-state index is 12.1. The smallest absolute Gasteiger partial charge is 0.118 e. The molecule has 0 saturated carbocycles. The molecule has 1 saturated heterocycles. The highest BCUT2D eigenvalue weighted by Gasteiger charge is 2.11. The molecule has 1 aromatic rings. The van der Waals surface area contributed by atoms with E-state index in [1.54, 1.807) is 7.11 Å². The maximum absolute atomic E-state index is 12.1. The van der Waals surface area contributed by atoms with Crippen molar-refractivity contribution in [3.8, 4) is 5.75 Å². The molecule has 1 N–H and O–H groups in total. The average molecular weight is 268 g/mol. The molecule has 1 unspecified atom stereocenters. The Kier molecular flexibility index (Phi) is 5.16. The number of hydrogen-bond donors (Lipinski definition) is 1. The van der Waals surface area contributed by atoms with Gasteiger partial charge in [-0.05, 0) is 24.3 Å². The van der Waals surface area contributed by atoms with E-state index in [9.17, 15) is 4.21 Å². The molecule has 2 rings (SSSR count). The van der Waals surface area contributed by atoms with E-state index in [1.807, 2.05) is 24.3 Å². The first-order valence-electron chi connectivity index (χ1n) is 6.25. The SMILES string of the molecule is COc1ccc(S(=O)CCN2CCNCC2)cc1. The van der Waals surface area contributed by atoms with E-state index in [0.29, 0.717) is 5.75 Å². The average Bonchev–Trinajstić information content (AvgIpc) is 2.46. The molecule has 1 aliphatic rings. The second-order valence-corrected chi connectivity index (χ2v) is 5.89. The molecular formula is C13H20N2O2S. The van der Waals surface area contributed by atoms with Crippen molar-refractivity contribution in [1.29, 1.82) is 0 Å². The van der Waals surface area contributed by atoms with Crippen molar-refractivity contribution in [3.05, 3.63) is 24.3 Å². The van der Waals surface area contributed by atoms with E-state index < -0.39 is 10.8 Å². The molecule has 0 spiro atoms. The fourth-order valence-corrected chi connectivity index (χ4v) is 3.09. The van der Waals surface area contributed by atoms with Crippen LogP contribution in [0.15, 0.2) is 29.2 Å². The van der Waals surface area contributed by atoms with Crippen LogP contribution in [-0.2, 0) is 10.8 Å². The summed E-state index contributed by atoms with van der Waals surface area (Å²) in [6, 6.07) is 7.48. The van der Waals surface area contributed by atoms with Crippen molar-refractivity contribution in [1.82, 2.24) is 10.2 Å². The van der Waals surface area contributed by atoms with Gasteiger partial charge in [-0.3, -0.25) is 9.11 Å². The molecule has 1 aromatic carbocycles. The van der Waals surface area contributed by atoms with Gasteiger partial charge >= 0.3 is 0 Å². The lowest BCUT2D eigenvalue weighted by molar-refractivity contribution is 0.254. The van der Waals surface area contributed by atoms with Crippen LogP contribution in [-0.4, -0.2) is 54.7 Å². The Hall–Kier alpha value is -0.910. The number of ether oxygens (including phenoxy) is 1. The van der Waals surface area contributed by atoms with Crippen LogP contribution in [0.5, 0.6) is 5.75 Å². The molecule has 18 heavy (non-hydrogen) atoms. The number of nitrogens with one attached hydrogen (secondary N) is 1. The Morgan fingerprint density at radius 2 is 1.94 bits per heavy atom. The highest BCUT2D eigenvalue weighted by atomic mass is 32.2. The van der Waals surface area contributed by atoms with Crippen LogP contribution in [0, 0.1) is 0 Å². The predicted molar refractivity (Wildman–Crippen MR) is 73.6 cm³/mol. The summed E-state index contributed by atoms with van der Waals surface area (Å²) in [4.78, 5) is 3.24. The lowest BCUT2D eigenvalue weighted by Gasteiger charge is -2.26. The number of nitrogens with zero attached hydrogens (tertiary/aromatic N) is 1. The third-order valence-corrected chi connectivity index (χ3v) is 4.48. The van der Waals surface area contributed by atoms with Crippen LogP contribution in [0.25, 0.3) is 0 Å². The van der Waals surface area contributed by atoms with Crippen LogP contribution in [0.3, 0.4) is 0 Å². The largest absolute Gasteiger partial charge is 0.497 e. The number of hydrogen-bond acceptors (Lipinski definition) is 4. The van der Waals surface area contributed by atoms with Gasteiger partial charge in [0.15, 0.2) is 0 Å². The zero-order valence-corrected chi connectivity index (χ0v) is 11.5. The molecule has 0 aromatic heterocycles. The van der Waals surface area contributed by atoms with Gasteiger partial charge in [0.25, 0.3) is 0 Å². The van der Waals surface area contributed by atoms with E-state index in [4.69, 9.17) is 4.74 Å². The zero-order chi connectivity index (χ0) is 12.8. The van der Waals surface area contributed by atoms with Crippen LogP contribution >= 0.6 is 0 Å². The third kappa shape index (κ3) is 3.80. The summed E-state index contributed by atoms with van der Waals surface area (Å²) >= 11 is 0. The minimum absolute atomic E-state index is 0.701. The highest BCUT2D eigenvalue weighted by molar-refractivity contribution is 7.85. The van der Waals surface area contributed by atoms with Gasteiger partial charge in [0, 0.05) is 43.4 Å². The first-order chi connectivity index (χ1) is 8.79. The fourth-order valence-electron chi connectivity index (χ4n) is 1.99. The summed E-state index contributed by atoms with van der Waals surface area (Å²) in [7, 11) is 0.722. The molecule has 0 amide bonds. The Bertz CT molecular complexity index is 388. The molecular weight excluding hydrogens is 248 g/mol. The van der Waals surface area contributed by atoms with Gasteiger partial charge in [-0.2, -0.15) is 0 Å². The summed E-state index contributed by atoms with van der Waals surface area (Å²) in [6.07, 6.45) is 0. The Balaban J connectivity index is 1.82. The van der Waals surface area contributed by atoms with E-state index in [0.717, 1.165) is 43.4 Å². The fraction of sp³-hybridized carbons (Fsp3) is 0.538. The molecule has 5 heteroatoms. The second kappa shape index (κ2) is 6.87. The highest BCUT2D eigenvalue weighted by Crippen LogP contribution is 2.14. The van der Waals surface area contributed by atoms with Gasteiger partial charge in [-0.25, -0.2) is 0 Å². The van der Waals surface area contributed by atoms with E-state index in [1.165, 1.54) is 0 Å². The molecule has 100 valence electrons. The molecule has 0 bridgehead atoms. The van der Waals surface area contributed by atoms with Crippen LogP contribution in [0.2, 0.25) is 0 Å². The summed E-state index contributed by atoms with van der Waals surface area (Å²) in [6.45, 7) is 5.09. The molecule has 0 radical (unpaired) electrons. The van der Waals surface area contributed by atoms with E-state index in [2.05, 4.69) is 10.2 Å². The number of rotatable bonds is 5. The van der Waals surface area contributed by atoms with Crippen molar-refractivity contribution < 1.29 is 8.95 Å². The second-order valence-electron chi connectivity index (χ2n) is 4.32. The van der Waals surface area contributed by atoms with Crippen molar-refractivity contribution in [2.24, 2.45) is 0 Å². The lowest BCUT2D eigenvalue weighted by atomic mass is 10.3. The van der Waals surface area contributed by atoms with Crippen molar-refractivity contribution >= 4 is 10.8 Å². The molecule has 4 nitrogen and oxygen atoms in total. The summed E-state index contributed by atoms with van der Waals surface area (Å²) in [5.41, 5.74) is 0. The van der Waals surface area contributed by atoms with E-state index >= 15 is 0 Å². The number of piperazine rings is 1. The van der Waals surface area contributed by atoms with Gasteiger partial charge in [0.1, 0.15) is 5.75 Å². The van der Waals surface area contributed by atoms with Crippen LogP contribution < -0.4 is 10.1 Å². The molecule has 1 aliphatic heterocycles. The first-order valence-corrected chi connectivity index (χ1v) is 7.57. The number of methoxy groups -OCH3 is 1. The predicted octanol–water partition coefficient (Wildman–Crippen LogP) is 0.708. The van der Waals surface area contributed by atoms with E-state index in [-0.39, 0.29) is 0 Å². The Morgan fingerprint density at radius 1 is 1.28 bits per heavy atom. The standard InChI is InChI=1S/C13H20N2O2S/c1-17-12-2-4-13(5-3-12)18(16)11-10-15-8-6-14-7-9-15/h2-5,14H,6-11H2,1H3. The molecule has 1 fully saturated rings. The Labute approximate surface area is 111 Å². The Morgan fingerprint density at radius 3 is 2.56 bits per heavy atom. The van der Waals surface area contributed by atoms with Crippen molar-refractivity contribution in [3.63, 3.8) is 0 Å². The van der Waals surface area contributed by atoms with Gasteiger partial charge in [-0.15, -0.1) is 0 Å². The molecule has 1 atom stereocenters. The summed E-state index contributed by atoms with van der Waals surface area (Å²) in [5.74, 6) is 1.50. The van der Waals surface area contributed by atoms with Crippen LogP contribution in [0.1, 0.15) is 0 Å². The summed E-state index contributed by atoms with van der Waals surface area (Å²) in [5, 5.41) is 3.32. The quantitative estimate of drug-likeness (QED) is 0.854. The lowest BCUT2D eigenvalue weighted by Crippen LogP contribution is -2.44. The van der Waals surface area contributed by atoms with Gasteiger partial charge in [0.05, 0.1) is 17.9 Å². The van der Waals surface area contributed by atoms with Gasteiger partial charge < -0.3 is 10.1 Å². The minimum atomic E-state index is -0.913. The topological polar surface area (TPSA) is 41.6 Å². The molecule has 1 heterocycles. The third-order valence-electron chi connectivity index (χ3n) is 3.12. The summed E-state index contributed by atoms with van der Waals surface area (Å²) < 4.78 is 17.2. The maximum Gasteiger partial charge on any atom is 0.118 e. The monoisotopic (exact) mass is 268 g/mol.